The topological polar surface area (TPSA) is 61.5 Å². The van der Waals surface area contributed by atoms with E-state index in [2.05, 4.69) is 0 Å². The maximum absolute atomic E-state index is 11.2. The maximum atomic E-state index is 11.2. The monoisotopic (exact) mass is 257 g/mol. The number of nitrogen functional groups attached to an aromatic ring is 1. The van der Waals surface area contributed by atoms with Crippen LogP contribution in [-0.4, -0.2) is 12.9 Å². The Bertz CT molecular complexity index is 591. The van der Waals surface area contributed by atoms with Crippen LogP contribution in [0.3, 0.4) is 0 Å². The van der Waals surface area contributed by atoms with Gasteiger partial charge in [-0.1, -0.05) is 0 Å². The van der Waals surface area contributed by atoms with Crippen LogP contribution in [0.4, 0.5) is 5.69 Å². The lowest BCUT2D eigenvalue weighted by molar-refractivity contribution is 0.101. The van der Waals surface area contributed by atoms with Crippen LogP contribution in [0.1, 0.15) is 17.3 Å². The Labute approximate surface area is 111 Å². The molecule has 0 saturated carbocycles. The summed E-state index contributed by atoms with van der Waals surface area (Å²) in [7, 11) is 1.61. The first-order valence-electron chi connectivity index (χ1n) is 5.82. The molecule has 0 aliphatic heterocycles. The van der Waals surface area contributed by atoms with Crippen molar-refractivity contribution in [3.8, 4) is 17.2 Å². The van der Waals surface area contributed by atoms with Gasteiger partial charge < -0.3 is 15.2 Å². The van der Waals surface area contributed by atoms with Gasteiger partial charge in [-0.2, -0.15) is 0 Å². The molecule has 0 radical (unpaired) electrons. The Kier molecular flexibility index (Phi) is 3.71. The summed E-state index contributed by atoms with van der Waals surface area (Å²) in [6.07, 6.45) is 0. The average Bonchev–Trinajstić information content (AvgIpc) is 2.41. The van der Waals surface area contributed by atoms with E-state index in [1.54, 1.807) is 49.6 Å². The molecule has 2 aromatic carbocycles. The van der Waals surface area contributed by atoms with Crippen molar-refractivity contribution in [3.63, 3.8) is 0 Å². The van der Waals surface area contributed by atoms with Crippen molar-refractivity contribution in [1.29, 1.82) is 0 Å². The first-order valence-corrected chi connectivity index (χ1v) is 5.82. The highest BCUT2D eigenvalue weighted by Crippen LogP contribution is 2.29. The van der Waals surface area contributed by atoms with Gasteiger partial charge in [-0.15, -0.1) is 0 Å². The van der Waals surface area contributed by atoms with E-state index in [-0.39, 0.29) is 5.78 Å². The third kappa shape index (κ3) is 3.04. The second-order valence-electron chi connectivity index (χ2n) is 4.09. The van der Waals surface area contributed by atoms with Gasteiger partial charge in [-0.3, -0.25) is 4.79 Å². The van der Waals surface area contributed by atoms with Gasteiger partial charge in [-0.25, -0.2) is 0 Å². The van der Waals surface area contributed by atoms with Crippen LogP contribution in [0.2, 0.25) is 0 Å². The number of carbonyl (C=O) groups is 1. The van der Waals surface area contributed by atoms with Crippen LogP contribution in [0.25, 0.3) is 0 Å². The third-order valence-corrected chi connectivity index (χ3v) is 2.70. The lowest BCUT2D eigenvalue weighted by Crippen LogP contribution is -1.97. The zero-order valence-electron chi connectivity index (χ0n) is 10.8. The van der Waals surface area contributed by atoms with Crippen molar-refractivity contribution in [3.05, 3.63) is 48.0 Å². The fourth-order valence-electron chi connectivity index (χ4n) is 1.63. The van der Waals surface area contributed by atoms with Crippen LogP contribution < -0.4 is 15.2 Å². The minimum Gasteiger partial charge on any atom is -0.497 e. The highest BCUT2D eigenvalue weighted by atomic mass is 16.5. The number of hydrogen-bond donors (Lipinski definition) is 1. The summed E-state index contributed by atoms with van der Waals surface area (Å²) in [5.74, 6) is 1.91. The summed E-state index contributed by atoms with van der Waals surface area (Å²) < 4.78 is 10.7. The van der Waals surface area contributed by atoms with Crippen molar-refractivity contribution < 1.29 is 14.3 Å². The molecule has 2 N–H and O–H groups in total. The predicted molar refractivity (Wildman–Crippen MR) is 73.9 cm³/mol. The zero-order valence-corrected chi connectivity index (χ0v) is 10.8. The van der Waals surface area contributed by atoms with E-state index in [1.807, 2.05) is 0 Å². The van der Waals surface area contributed by atoms with E-state index in [4.69, 9.17) is 15.2 Å². The smallest absolute Gasteiger partial charge is 0.159 e. The first-order chi connectivity index (χ1) is 9.10. The van der Waals surface area contributed by atoms with Crippen LogP contribution in [-0.2, 0) is 0 Å². The molecule has 2 rings (SSSR count). The molecular formula is C15H15NO3. The quantitative estimate of drug-likeness (QED) is 0.674. The first kappa shape index (κ1) is 13.0. The zero-order chi connectivity index (χ0) is 13.8. The van der Waals surface area contributed by atoms with Gasteiger partial charge in [0.2, 0.25) is 0 Å². The minimum absolute atomic E-state index is 0.0253. The Balaban J connectivity index is 2.20. The molecule has 0 atom stereocenters. The molecule has 0 amide bonds. The van der Waals surface area contributed by atoms with Gasteiger partial charge in [0, 0.05) is 5.56 Å². The van der Waals surface area contributed by atoms with Gasteiger partial charge in [-0.05, 0) is 49.4 Å². The molecule has 0 saturated heterocycles. The maximum Gasteiger partial charge on any atom is 0.159 e. The normalized spacial score (nSPS) is 10.0. The molecule has 19 heavy (non-hydrogen) atoms. The summed E-state index contributed by atoms with van der Waals surface area (Å²) in [6.45, 7) is 1.50. The second-order valence-corrected chi connectivity index (χ2v) is 4.09. The van der Waals surface area contributed by atoms with Crippen LogP contribution in [0, 0.1) is 0 Å². The van der Waals surface area contributed by atoms with Gasteiger partial charge in [0.1, 0.15) is 17.2 Å². The van der Waals surface area contributed by atoms with Gasteiger partial charge >= 0.3 is 0 Å². The minimum atomic E-state index is -0.0253. The number of Topliss-reactive ketones (excluding diaryl/α,β-unsaturated/α-hetero) is 1. The predicted octanol–water partition coefficient (Wildman–Crippen LogP) is 3.27. The van der Waals surface area contributed by atoms with Crippen molar-refractivity contribution in [2.24, 2.45) is 0 Å². The highest BCUT2D eigenvalue weighted by molar-refractivity contribution is 5.95. The number of methoxy groups -OCH3 is 1. The van der Waals surface area contributed by atoms with E-state index in [0.29, 0.717) is 22.7 Å². The molecule has 98 valence electrons. The lowest BCUT2D eigenvalue weighted by atomic mass is 10.1. The summed E-state index contributed by atoms with van der Waals surface area (Å²) in [5, 5.41) is 0. The highest BCUT2D eigenvalue weighted by Gasteiger charge is 2.06. The van der Waals surface area contributed by atoms with Crippen molar-refractivity contribution >= 4 is 11.5 Å². The molecule has 0 bridgehead atoms. The standard InChI is InChI=1S/C15H15NO3/c1-10(17)11-3-8-15(14(16)9-11)19-13-6-4-12(18-2)5-7-13/h3-9H,16H2,1-2H3. The molecule has 2 aromatic rings. The number of ether oxygens (including phenoxy) is 2. The van der Waals surface area contributed by atoms with Crippen LogP contribution in [0.15, 0.2) is 42.5 Å². The molecule has 0 fully saturated rings. The molecule has 0 aliphatic rings. The third-order valence-electron chi connectivity index (χ3n) is 2.70. The van der Waals surface area contributed by atoms with E-state index in [0.717, 1.165) is 5.75 Å². The van der Waals surface area contributed by atoms with Crippen LogP contribution >= 0.6 is 0 Å². The molecule has 4 heteroatoms. The van der Waals surface area contributed by atoms with Crippen molar-refractivity contribution in [2.45, 2.75) is 6.92 Å². The van der Waals surface area contributed by atoms with Gasteiger partial charge in [0.15, 0.2) is 5.78 Å². The van der Waals surface area contributed by atoms with Gasteiger partial charge in [0.05, 0.1) is 12.8 Å². The summed E-state index contributed by atoms with van der Waals surface area (Å²) in [6, 6.07) is 12.2. The summed E-state index contributed by atoms with van der Waals surface area (Å²) >= 11 is 0. The van der Waals surface area contributed by atoms with E-state index in [1.165, 1.54) is 6.92 Å². The summed E-state index contributed by atoms with van der Waals surface area (Å²) in [5.41, 5.74) is 6.86. The Morgan fingerprint density at radius 3 is 2.21 bits per heavy atom. The molecule has 0 aliphatic carbocycles. The van der Waals surface area contributed by atoms with E-state index >= 15 is 0 Å². The Morgan fingerprint density at radius 2 is 1.68 bits per heavy atom. The number of nitrogens with two attached hydrogens (primary N) is 1. The number of benzene rings is 2. The largest absolute Gasteiger partial charge is 0.497 e. The number of carbonyl (C=O) groups excluding carboxylic acids is 1. The lowest BCUT2D eigenvalue weighted by Gasteiger charge is -2.09. The Hall–Kier alpha value is -2.49. The van der Waals surface area contributed by atoms with Crippen LogP contribution in [0.5, 0.6) is 17.2 Å². The molecular weight excluding hydrogens is 242 g/mol. The number of anilines is 1. The van der Waals surface area contributed by atoms with E-state index < -0.39 is 0 Å². The summed E-state index contributed by atoms with van der Waals surface area (Å²) in [4.78, 5) is 11.2. The molecule has 0 aromatic heterocycles. The van der Waals surface area contributed by atoms with Crippen molar-refractivity contribution in [1.82, 2.24) is 0 Å². The SMILES string of the molecule is COc1ccc(Oc2ccc(C(C)=O)cc2N)cc1. The number of rotatable bonds is 4. The Morgan fingerprint density at radius 1 is 1.05 bits per heavy atom. The van der Waals surface area contributed by atoms with Gasteiger partial charge in [0.25, 0.3) is 0 Å². The second kappa shape index (κ2) is 5.44. The number of hydrogen-bond acceptors (Lipinski definition) is 4. The van der Waals surface area contributed by atoms with Crippen molar-refractivity contribution in [2.75, 3.05) is 12.8 Å². The number of ketones is 1. The fourth-order valence-corrected chi connectivity index (χ4v) is 1.63. The van der Waals surface area contributed by atoms with E-state index in [9.17, 15) is 4.79 Å². The molecule has 0 spiro atoms. The molecule has 4 nitrogen and oxygen atoms in total. The average molecular weight is 257 g/mol. The molecule has 0 unspecified atom stereocenters. The fraction of sp³-hybridized carbons (Fsp3) is 0.133. The molecule has 0 heterocycles.